The molecule has 1 heterocycles. The first-order valence-corrected chi connectivity index (χ1v) is 5.97. The first-order valence-electron chi connectivity index (χ1n) is 5.97. The monoisotopic (exact) mass is 225 g/mol. The van der Waals surface area contributed by atoms with Crippen molar-refractivity contribution in [1.82, 2.24) is 4.57 Å². The number of hydrogen-bond acceptors (Lipinski definition) is 1. The molecule has 0 aliphatic heterocycles. The summed E-state index contributed by atoms with van der Waals surface area (Å²) in [7, 11) is 1.86. The largest absolute Gasteiger partial charge is 0.311 e. The topological polar surface area (TPSA) is 22.0 Å². The molecule has 0 amide bonds. The molecule has 2 heteroatoms. The van der Waals surface area contributed by atoms with Crippen LogP contribution in [0.1, 0.15) is 24.0 Å². The van der Waals surface area contributed by atoms with Gasteiger partial charge in [-0.1, -0.05) is 37.3 Å². The molecular formula is C15H15NO. The van der Waals surface area contributed by atoms with Crippen LogP contribution in [0.25, 0.3) is 10.9 Å². The Labute approximate surface area is 100 Å². The number of allylic oxidation sites excluding steroid dienone is 2. The summed E-state index contributed by atoms with van der Waals surface area (Å²) in [5, 5.41) is 1.21. The van der Waals surface area contributed by atoms with Crippen molar-refractivity contribution in [2.75, 3.05) is 0 Å². The van der Waals surface area contributed by atoms with Crippen molar-refractivity contribution in [3.05, 3.63) is 57.9 Å². The fraction of sp³-hybridized carbons (Fsp3) is 0.267. The smallest absolute Gasteiger partial charge is 0.254 e. The average molecular weight is 225 g/mol. The SMILES string of the molecule is C[C@@H]1C=CCc2c1c1ccccc1n(C)c2=O. The van der Waals surface area contributed by atoms with Gasteiger partial charge in [0.15, 0.2) is 0 Å². The van der Waals surface area contributed by atoms with Gasteiger partial charge in [-0.2, -0.15) is 0 Å². The lowest BCUT2D eigenvalue weighted by atomic mass is 9.87. The number of pyridine rings is 1. The van der Waals surface area contributed by atoms with E-state index < -0.39 is 0 Å². The fourth-order valence-electron chi connectivity index (χ4n) is 2.79. The van der Waals surface area contributed by atoms with Crippen LogP contribution in [0.5, 0.6) is 0 Å². The minimum absolute atomic E-state index is 0.148. The molecule has 0 radical (unpaired) electrons. The molecule has 0 spiro atoms. The van der Waals surface area contributed by atoms with Gasteiger partial charge >= 0.3 is 0 Å². The molecule has 3 rings (SSSR count). The van der Waals surface area contributed by atoms with E-state index in [1.54, 1.807) is 4.57 Å². The van der Waals surface area contributed by atoms with Gasteiger partial charge in [0, 0.05) is 23.9 Å². The molecular weight excluding hydrogens is 210 g/mol. The normalized spacial score (nSPS) is 18.4. The van der Waals surface area contributed by atoms with Crippen LogP contribution in [0.4, 0.5) is 0 Å². The Morgan fingerprint density at radius 2 is 2.06 bits per heavy atom. The van der Waals surface area contributed by atoms with Gasteiger partial charge in [0.2, 0.25) is 0 Å². The summed E-state index contributed by atoms with van der Waals surface area (Å²) in [6.07, 6.45) is 5.05. The Hall–Kier alpha value is -1.83. The van der Waals surface area contributed by atoms with Crippen LogP contribution >= 0.6 is 0 Å². The molecule has 2 aromatic rings. The predicted molar refractivity (Wildman–Crippen MR) is 70.4 cm³/mol. The van der Waals surface area contributed by atoms with Crippen molar-refractivity contribution in [3.8, 4) is 0 Å². The highest BCUT2D eigenvalue weighted by atomic mass is 16.1. The van der Waals surface area contributed by atoms with Crippen LogP contribution < -0.4 is 5.56 Å². The summed E-state index contributed by atoms with van der Waals surface area (Å²) < 4.78 is 1.76. The van der Waals surface area contributed by atoms with Crippen molar-refractivity contribution >= 4 is 10.9 Å². The van der Waals surface area contributed by atoms with Crippen LogP contribution in [0.15, 0.2) is 41.2 Å². The quantitative estimate of drug-likeness (QED) is 0.632. The highest BCUT2D eigenvalue weighted by Crippen LogP contribution is 2.30. The van der Waals surface area contributed by atoms with Gasteiger partial charge < -0.3 is 4.57 Å². The van der Waals surface area contributed by atoms with Crippen LogP contribution in [0.2, 0.25) is 0 Å². The number of fused-ring (bicyclic) bond motifs is 3. The third-order valence-electron chi connectivity index (χ3n) is 3.65. The molecule has 0 saturated carbocycles. The maximum Gasteiger partial charge on any atom is 0.254 e. The molecule has 1 atom stereocenters. The molecule has 1 aromatic heterocycles. The summed E-state index contributed by atoms with van der Waals surface area (Å²) in [5.74, 6) is 0.331. The Morgan fingerprint density at radius 3 is 2.88 bits per heavy atom. The van der Waals surface area contributed by atoms with E-state index in [0.717, 1.165) is 17.5 Å². The Bertz CT molecular complexity index is 679. The maximum absolute atomic E-state index is 12.3. The van der Waals surface area contributed by atoms with Gasteiger partial charge in [-0.25, -0.2) is 0 Å². The Balaban J connectivity index is 2.54. The average Bonchev–Trinajstić information content (AvgIpc) is 2.36. The van der Waals surface area contributed by atoms with Crippen LogP contribution in [-0.2, 0) is 13.5 Å². The lowest BCUT2D eigenvalue weighted by Crippen LogP contribution is -2.25. The predicted octanol–water partition coefficient (Wildman–Crippen LogP) is 2.75. The summed E-state index contributed by atoms with van der Waals surface area (Å²) in [4.78, 5) is 12.3. The number of para-hydroxylation sites is 1. The number of aryl methyl sites for hydroxylation is 1. The van der Waals surface area contributed by atoms with Crippen molar-refractivity contribution < 1.29 is 0 Å². The molecule has 86 valence electrons. The molecule has 17 heavy (non-hydrogen) atoms. The van der Waals surface area contributed by atoms with Crippen molar-refractivity contribution in [1.29, 1.82) is 0 Å². The minimum atomic E-state index is 0.148. The lowest BCUT2D eigenvalue weighted by molar-refractivity contribution is 0.838. The van der Waals surface area contributed by atoms with Crippen LogP contribution in [0, 0.1) is 0 Å². The molecule has 1 aromatic carbocycles. The second-order valence-electron chi connectivity index (χ2n) is 4.69. The molecule has 0 unspecified atom stereocenters. The van der Waals surface area contributed by atoms with E-state index in [1.165, 1.54) is 10.9 Å². The Kier molecular flexibility index (Phi) is 2.18. The third kappa shape index (κ3) is 1.37. The van der Waals surface area contributed by atoms with Gasteiger partial charge in [0.1, 0.15) is 0 Å². The van der Waals surface area contributed by atoms with Gasteiger partial charge in [-0.15, -0.1) is 0 Å². The van der Waals surface area contributed by atoms with Crippen LogP contribution in [-0.4, -0.2) is 4.57 Å². The first-order chi connectivity index (χ1) is 8.20. The number of rotatable bonds is 0. The standard InChI is InChI=1S/C15H15NO/c1-10-6-5-8-12-14(10)11-7-3-4-9-13(11)16(2)15(12)17/h3-7,9-10H,8H2,1-2H3/t10-/m1/s1. The van der Waals surface area contributed by atoms with Gasteiger partial charge in [-0.05, 0) is 18.1 Å². The maximum atomic E-state index is 12.3. The van der Waals surface area contributed by atoms with Crippen LogP contribution in [0.3, 0.4) is 0 Å². The number of hydrogen-bond donors (Lipinski definition) is 0. The van der Waals surface area contributed by atoms with E-state index in [4.69, 9.17) is 0 Å². The minimum Gasteiger partial charge on any atom is -0.311 e. The van der Waals surface area contributed by atoms with Gasteiger partial charge in [0.05, 0.1) is 5.52 Å². The summed E-state index contributed by atoms with van der Waals surface area (Å²) in [6.45, 7) is 2.15. The van der Waals surface area contributed by atoms with Crippen molar-refractivity contribution in [2.24, 2.45) is 7.05 Å². The lowest BCUT2D eigenvalue weighted by Gasteiger charge is -2.21. The second kappa shape index (κ2) is 3.59. The van der Waals surface area contributed by atoms with E-state index in [-0.39, 0.29) is 5.56 Å². The van der Waals surface area contributed by atoms with Crippen molar-refractivity contribution in [2.45, 2.75) is 19.3 Å². The van der Waals surface area contributed by atoms with E-state index in [2.05, 4.69) is 25.1 Å². The first kappa shape index (κ1) is 10.3. The fourth-order valence-corrected chi connectivity index (χ4v) is 2.79. The Morgan fingerprint density at radius 1 is 1.29 bits per heavy atom. The number of benzene rings is 1. The summed E-state index contributed by atoms with van der Waals surface area (Å²) in [5.41, 5.74) is 3.35. The van der Waals surface area contributed by atoms with Gasteiger partial charge in [-0.3, -0.25) is 4.79 Å². The van der Waals surface area contributed by atoms with E-state index >= 15 is 0 Å². The van der Waals surface area contributed by atoms with E-state index in [0.29, 0.717) is 5.92 Å². The zero-order valence-electron chi connectivity index (χ0n) is 10.1. The molecule has 2 nitrogen and oxygen atoms in total. The number of aromatic nitrogens is 1. The highest BCUT2D eigenvalue weighted by molar-refractivity contribution is 5.84. The van der Waals surface area contributed by atoms with Crippen molar-refractivity contribution in [3.63, 3.8) is 0 Å². The zero-order valence-corrected chi connectivity index (χ0v) is 10.1. The number of nitrogens with zero attached hydrogens (tertiary/aromatic N) is 1. The molecule has 1 aliphatic carbocycles. The summed E-state index contributed by atoms with van der Waals surface area (Å²) >= 11 is 0. The zero-order chi connectivity index (χ0) is 12.0. The molecule has 0 saturated heterocycles. The molecule has 1 aliphatic rings. The van der Waals surface area contributed by atoms with E-state index in [1.807, 2.05) is 25.2 Å². The molecule has 0 bridgehead atoms. The summed E-state index contributed by atoms with van der Waals surface area (Å²) in [6, 6.07) is 8.15. The highest BCUT2D eigenvalue weighted by Gasteiger charge is 2.19. The molecule has 0 N–H and O–H groups in total. The third-order valence-corrected chi connectivity index (χ3v) is 3.65. The van der Waals surface area contributed by atoms with E-state index in [9.17, 15) is 4.79 Å². The van der Waals surface area contributed by atoms with Gasteiger partial charge in [0.25, 0.3) is 5.56 Å². The molecule has 0 fully saturated rings. The second-order valence-corrected chi connectivity index (χ2v) is 4.69.